The number of amides is 2. The Kier molecular flexibility index (Phi) is 7.06. The maximum atomic E-state index is 12.4. The van der Waals surface area contributed by atoms with E-state index in [4.69, 9.17) is 9.47 Å². The molecule has 0 heterocycles. The summed E-state index contributed by atoms with van der Waals surface area (Å²) in [6.45, 7) is 10.8. The molecule has 0 fully saturated rings. The first-order valence-corrected chi connectivity index (χ1v) is 9.86. The third-order valence-corrected chi connectivity index (χ3v) is 5.40. The zero-order valence-electron chi connectivity index (χ0n) is 19.1. The van der Waals surface area contributed by atoms with Crippen molar-refractivity contribution in [2.45, 2.75) is 52.7 Å². The molecule has 2 aromatic rings. The lowest BCUT2D eigenvalue weighted by Crippen LogP contribution is -2.39. The minimum absolute atomic E-state index is 0.198. The molecule has 2 rings (SSSR count). The fourth-order valence-electron chi connectivity index (χ4n) is 2.70. The Morgan fingerprint density at radius 2 is 1.03 bits per heavy atom. The van der Waals surface area contributed by atoms with Crippen LogP contribution in [0.3, 0.4) is 0 Å². The summed E-state index contributed by atoms with van der Waals surface area (Å²) in [5.41, 5.74) is 3.63. The lowest BCUT2D eigenvalue weighted by Gasteiger charge is -2.23. The molecule has 162 valence electrons. The number of anilines is 2. The van der Waals surface area contributed by atoms with E-state index in [0.29, 0.717) is 0 Å². The molecular formula is C24H32N2O4. The van der Waals surface area contributed by atoms with Crippen LogP contribution in [0.1, 0.15) is 38.8 Å². The fourth-order valence-corrected chi connectivity index (χ4v) is 2.70. The van der Waals surface area contributed by atoms with E-state index >= 15 is 0 Å². The largest absolute Gasteiger partial charge is 0.369 e. The van der Waals surface area contributed by atoms with Crippen molar-refractivity contribution in [3.63, 3.8) is 0 Å². The standard InChI is InChI=1S/C24H32N2O4/c1-15-13-17(9-11-19(15)25-21(27)23(3,4)29-7)18-10-12-20(16(2)14-18)26-22(28)24(5,6)30-8/h9-14H,1-8H3,(H,25,27)(H,26,28). The van der Waals surface area contributed by atoms with Gasteiger partial charge >= 0.3 is 0 Å². The van der Waals surface area contributed by atoms with Gasteiger partial charge in [-0.1, -0.05) is 12.1 Å². The highest BCUT2D eigenvalue weighted by molar-refractivity contribution is 5.98. The monoisotopic (exact) mass is 412 g/mol. The molecule has 30 heavy (non-hydrogen) atoms. The molecule has 2 aromatic carbocycles. The number of aryl methyl sites for hydroxylation is 2. The highest BCUT2D eigenvalue weighted by atomic mass is 16.5. The summed E-state index contributed by atoms with van der Waals surface area (Å²) in [6.07, 6.45) is 0. The topological polar surface area (TPSA) is 76.7 Å². The Balaban J connectivity index is 2.22. The van der Waals surface area contributed by atoms with Crippen molar-refractivity contribution in [1.82, 2.24) is 0 Å². The van der Waals surface area contributed by atoms with Gasteiger partial charge in [0.15, 0.2) is 0 Å². The van der Waals surface area contributed by atoms with Crippen molar-refractivity contribution in [1.29, 1.82) is 0 Å². The van der Waals surface area contributed by atoms with Gasteiger partial charge in [0.05, 0.1) is 0 Å². The molecule has 0 saturated carbocycles. The number of ether oxygens (including phenoxy) is 2. The quantitative estimate of drug-likeness (QED) is 0.691. The first-order valence-electron chi connectivity index (χ1n) is 9.86. The Morgan fingerprint density at radius 3 is 1.30 bits per heavy atom. The summed E-state index contributed by atoms with van der Waals surface area (Å²) < 4.78 is 10.5. The number of nitrogens with one attached hydrogen (secondary N) is 2. The van der Waals surface area contributed by atoms with Gasteiger partial charge in [0.1, 0.15) is 11.2 Å². The van der Waals surface area contributed by atoms with Crippen LogP contribution in [0.4, 0.5) is 11.4 Å². The molecule has 0 aliphatic carbocycles. The summed E-state index contributed by atoms with van der Waals surface area (Å²) in [7, 11) is 3.03. The minimum Gasteiger partial charge on any atom is -0.369 e. The third-order valence-electron chi connectivity index (χ3n) is 5.40. The summed E-state index contributed by atoms with van der Waals surface area (Å²) in [5, 5.41) is 5.84. The van der Waals surface area contributed by atoms with Crippen molar-refractivity contribution >= 4 is 23.2 Å². The number of carbonyl (C=O) groups excluding carboxylic acids is 2. The van der Waals surface area contributed by atoms with E-state index in [9.17, 15) is 9.59 Å². The Morgan fingerprint density at radius 1 is 0.700 bits per heavy atom. The second-order valence-electron chi connectivity index (χ2n) is 8.40. The van der Waals surface area contributed by atoms with E-state index in [2.05, 4.69) is 10.6 Å². The molecule has 0 radical (unpaired) electrons. The summed E-state index contributed by atoms with van der Waals surface area (Å²) in [5.74, 6) is -0.397. The number of carbonyl (C=O) groups is 2. The number of hydrogen-bond donors (Lipinski definition) is 2. The molecule has 6 heteroatoms. The molecule has 0 aromatic heterocycles. The van der Waals surface area contributed by atoms with E-state index in [1.165, 1.54) is 14.2 Å². The summed E-state index contributed by atoms with van der Waals surface area (Å²) >= 11 is 0. The minimum atomic E-state index is -0.903. The van der Waals surface area contributed by atoms with Crippen LogP contribution in [0.5, 0.6) is 0 Å². The maximum Gasteiger partial charge on any atom is 0.256 e. The first kappa shape index (κ1) is 23.6. The molecule has 0 unspecified atom stereocenters. The second kappa shape index (κ2) is 8.98. The number of hydrogen-bond acceptors (Lipinski definition) is 4. The zero-order valence-corrected chi connectivity index (χ0v) is 19.1. The van der Waals surface area contributed by atoms with Crippen molar-refractivity contribution < 1.29 is 19.1 Å². The third kappa shape index (κ3) is 5.26. The van der Waals surface area contributed by atoms with Crippen molar-refractivity contribution in [2.24, 2.45) is 0 Å². The van der Waals surface area contributed by atoms with E-state index < -0.39 is 11.2 Å². The van der Waals surface area contributed by atoms with Gasteiger partial charge in [0, 0.05) is 25.6 Å². The van der Waals surface area contributed by atoms with Crippen molar-refractivity contribution in [3.8, 4) is 11.1 Å². The SMILES string of the molecule is COC(C)(C)C(=O)Nc1ccc(-c2ccc(NC(=O)C(C)(C)OC)c(C)c2)cc1C. The van der Waals surface area contributed by atoms with E-state index in [0.717, 1.165) is 33.6 Å². The van der Waals surface area contributed by atoms with Gasteiger partial charge in [-0.2, -0.15) is 0 Å². The van der Waals surface area contributed by atoms with Crippen LogP contribution in [0.25, 0.3) is 11.1 Å². The van der Waals surface area contributed by atoms with Crippen LogP contribution < -0.4 is 10.6 Å². The van der Waals surface area contributed by atoms with Crippen LogP contribution in [0.15, 0.2) is 36.4 Å². The van der Waals surface area contributed by atoms with E-state index in [1.807, 2.05) is 50.2 Å². The Bertz CT molecular complexity index is 871. The molecule has 0 spiro atoms. The summed E-state index contributed by atoms with van der Waals surface area (Å²) in [4.78, 5) is 24.7. The van der Waals surface area contributed by atoms with Crippen molar-refractivity contribution in [3.05, 3.63) is 47.5 Å². The van der Waals surface area contributed by atoms with Crippen molar-refractivity contribution in [2.75, 3.05) is 24.9 Å². The lowest BCUT2D eigenvalue weighted by molar-refractivity contribution is -0.134. The Labute approximate surface area is 179 Å². The van der Waals surface area contributed by atoms with E-state index in [1.54, 1.807) is 27.7 Å². The zero-order chi connectivity index (χ0) is 22.7. The predicted molar refractivity (Wildman–Crippen MR) is 121 cm³/mol. The second-order valence-corrected chi connectivity index (χ2v) is 8.40. The average molecular weight is 413 g/mol. The highest BCUT2D eigenvalue weighted by Crippen LogP contribution is 2.29. The van der Waals surface area contributed by atoms with Crippen LogP contribution in [0, 0.1) is 13.8 Å². The Hall–Kier alpha value is -2.70. The van der Waals surface area contributed by atoms with Gasteiger partial charge in [-0.05, 0) is 88.1 Å². The average Bonchev–Trinajstić information content (AvgIpc) is 2.70. The van der Waals surface area contributed by atoms with Gasteiger partial charge in [-0.25, -0.2) is 0 Å². The predicted octanol–water partition coefficient (Wildman–Crippen LogP) is 4.70. The number of methoxy groups -OCH3 is 2. The normalized spacial score (nSPS) is 11.9. The van der Waals surface area contributed by atoms with Gasteiger partial charge in [-0.15, -0.1) is 0 Å². The molecule has 0 saturated heterocycles. The van der Waals surface area contributed by atoms with Gasteiger partial charge in [0.2, 0.25) is 0 Å². The van der Waals surface area contributed by atoms with Crippen LogP contribution in [-0.2, 0) is 19.1 Å². The van der Waals surface area contributed by atoms with Gasteiger partial charge in [0.25, 0.3) is 11.8 Å². The van der Waals surface area contributed by atoms with Gasteiger partial charge in [-0.3, -0.25) is 9.59 Å². The highest BCUT2D eigenvalue weighted by Gasteiger charge is 2.28. The molecule has 0 aliphatic rings. The fraction of sp³-hybridized carbons (Fsp3) is 0.417. The first-order chi connectivity index (χ1) is 13.9. The molecule has 6 nitrogen and oxygen atoms in total. The summed E-state index contributed by atoms with van der Waals surface area (Å²) in [6, 6.07) is 11.8. The smallest absolute Gasteiger partial charge is 0.256 e. The van der Waals surface area contributed by atoms with Crippen LogP contribution >= 0.6 is 0 Å². The molecule has 0 aliphatic heterocycles. The molecule has 2 N–H and O–H groups in total. The number of benzene rings is 2. The van der Waals surface area contributed by atoms with Gasteiger partial charge < -0.3 is 20.1 Å². The number of rotatable bonds is 7. The lowest BCUT2D eigenvalue weighted by atomic mass is 9.99. The maximum absolute atomic E-state index is 12.4. The molecular weight excluding hydrogens is 380 g/mol. The molecule has 0 bridgehead atoms. The van der Waals surface area contributed by atoms with E-state index in [-0.39, 0.29) is 11.8 Å². The van der Waals surface area contributed by atoms with Crippen LogP contribution in [-0.4, -0.2) is 37.2 Å². The molecule has 0 atom stereocenters. The molecule has 2 amide bonds. The van der Waals surface area contributed by atoms with Crippen LogP contribution in [0.2, 0.25) is 0 Å².